The highest BCUT2D eigenvalue weighted by Crippen LogP contribution is 2.29. The molecule has 1 saturated carbocycles. The maximum atomic E-state index is 13.8. The number of hydrogen-bond donors (Lipinski definition) is 2. The van der Waals surface area contributed by atoms with Gasteiger partial charge in [0.1, 0.15) is 11.3 Å². The third kappa shape index (κ3) is 3.34. The van der Waals surface area contributed by atoms with Gasteiger partial charge in [0.2, 0.25) is 0 Å². The molecule has 3 heterocycles. The van der Waals surface area contributed by atoms with Crippen molar-refractivity contribution in [2.45, 2.75) is 38.1 Å². The molecule has 0 spiro atoms. The molecule has 3 aromatic heterocycles. The SMILES string of the molecule is Fc1cccnc1C#Cc1cnc2[nH]ccc2c1NC1CCCCC1. The van der Waals surface area contributed by atoms with Crippen molar-refractivity contribution in [3.05, 3.63) is 53.9 Å². The molecule has 1 aliphatic rings. The summed E-state index contributed by atoms with van der Waals surface area (Å²) in [4.78, 5) is 11.5. The van der Waals surface area contributed by atoms with E-state index in [4.69, 9.17) is 0 Å². The Balaban J connectivity index is 1.73. The van der Waals surface area contributed by atoms with Gasteiger partial charge in [0.15, 0.2) is 5.82 Å². The summed E-state index contributed by atoms with van der Waals surface area (Å²) in [6.45, 7) is 0. The van der Waals surface area contributed by atoms with Crippen LogP contribution in [0.2, 0.25) is 0 Å². The zero-order valence-corrected chi connectivity index (χ0v) is 13.8. The zero-order chi connectivity index (χ0) is 17.1. The maximum Gasteiger partial charge on any atom is 0.157 e. The lowest BCUT2D eigenvalue weighted by Gasteiger charge is -2.24. The molecule has 1 fully saturated rings. The van der Waals surface area contributed by atoms with E-state index in [1.807, 2.05) is 12.3 Å². The van der Waals surface area contributed by atoms with Crippen LogP contribution >= 0.6 is 0 Å². The van der Waals surface area contributed by atoms with Gasteiger partial charge in [0.05, 0.1) is 11.3 Å². The summed E-state index contributed by atoms with van der Waals surface area (Å²) < 4.78 is 13.8. The fourth-order valence-electron chi connectivity index (χ4n) is 3.31. The Hall–Kier alpha value is -2.87. The van der Waals surface area contributed by atoms with E-state index in [2.05, 4.69) is 32.1 Å². The highest BCUT2D eigenvalue weighted by molar-refractivity contribution is 5.92. The Labute approximate surface area is 145 Å². The molecule has 0 atom stereocenters. The van der Waals surface area contributed by atoms with Crippen molar-refractivity contribution in [3.63, 3.8) is 0 Å². The predicted molar refractivity (Wildman–Crippen MR) is 96.8 cm³/mol. The second-order valence-electron chi connectivity index (χ2n) is 6.35. The number of fused-ring (bicyclic) bond motifs is 1. The Bertz CT molecular complexity index is 945. The second kappa shape index (κ2) is 6.94. The zero-order valence-electron chi connectivity index (χ0n) is 13.8. The minimum Gasteiger partial charge on any atom is -0.381 e. The van der Waals surface area contributed by atoms with Crippen molar-refractivity contribution in [3.8, 4) is 11.8 Å². The summed E-state index contributed by atoms with van der Waals surface area (Å²) in [6.07, 6.45) is 11.3. The molecule has 2 N–H and O–H groups in total. The summed E-state index contributed by atoms with van der Waals surface area (Å²) in [5.74, 6) is 5.48. The molecule has 4 rings (SSSR count). The number of rotatable bonds is 2. The Morgan fingerprint density at radius 3 is 2.84 bits per heavy atom. The van der Waals surface area contributed by atoms with Crippen LogP contribution in [0.5, 0.6) is 0 Å². The lowest BCUT2D eigenvalue weighted by atomic mass is 9.95. The largest absolute Gasteiger partial charge is 0.381 e. The van der Waals surface area contributed by atoms with Gasteiger partial charge in [0, 0.05) is 30.0 Å². The van der Waals surface area contributed by atoms with Crippen LogP contribution < -0.4 is 5.32 Å². The lowest BCUT2D eigenvalue weighted by Crippen LogP contribution is -2.22. The van der Waals surface area contributed by atoms with Crippen LogP contribution in [-0.4, -0.2) is 21.0 Å². The number of aromatic nitrogens is 3. The molecule has 0 aliphatic heterocycles. The fourth-order valence-corrected chi connectivity index (χ4v) is 3.31. The van der Waals surface area contributed by atoms with Crippen LogP contribution in [-0.2, 0) is 0 Å². The molecule has 3 aromatic rings. The van der Waals surface area contributed by atoms with E-state index < -0.39 is 5.82 Å². The van der Waals surface area contributed by atoms with Crippen LogP contribution in [0.15, 0.2) is 36.8 Å². The predicted octanol–water partition coefficient (Wildman–Crippen LogP) is 4.24. The molecule has 1 aliphatic carbocycles. The highest BCUT2D eigenvalue weighted by atomic mass is 19.1. The van der Waals surface area contributed by atoms with Gasteiger partial charge in [-0.3, -0.25) is 0 Å². The molecule has 4 nitrogen and oxygen atoms in total. The van der Waals surface area contributed by atoms with Crippen LogP contribution in [0.1, 0.15) is 43.4 Å². The van der Waals surface area contributed by atoms with E-state index in [0.717, 1.165) is 35.1 Å². The quantitative estimate of drug-likeness (QED) is 0.689. The van der Waals surface area contributed by atoms with Crippen LogP contribution in [0.4, 0.5) is 10.1 Å². The first kappa shape index (κ1) is 15.6. The normalized spacial score (nSPS) is 14.9. The third-order valence-electron chi connectivity index (χ3n) is 4.61. The molecule has 25 heavy (non-hydrogen) atoms. The molecule has 0 saturated heterocycles. The molecule has 0 amide bonds. The second-order valence-corrected chi connectivity index (χ2v) is 6.35. The first-order valence-electron chi connectivity index (χ1n) is 8.66. The topological polar surface area (TPSA) is 53.6 Å². The first-order chi connectivity index (χ1) is 12.3. The molecular weight excluding hydrogens is 315 g/mol. The van der Waals surface area contributed by atoms with E-state index in [1.165, 1.54) is 25.3 Å². The van der Waals surface area contributed by atoms with Crippen molar-refractivity contribution in [2.24, 2.45) is 0 Å². The van der Waals surface area contributed by atoms with Gasteiger partial charge in [-0.25, -0.2) is 14.4 Å². The van der Waals surface area contributed by atoms with Gasteiger partial charge in [0.25, 0.3) is 0 Å². The van der Waals surface area contributed by atoms with Gasteiger partial charge in [-0.1, -0.05) is 25.2 Å². The van der Waals surface area contributed by atoms with Gasteiger partial charge >= 0.3 is 0 Å². The molecule has 0 bridgehead atoms. The minimum absolute atomic E-state index is 0.153. The molecule has 5 heteroatoms. The summed E-state index contributed by atoms with van der Waals surface area (Å²) in [6, 6.07) is 5.37. The highest BCUT2D eigenvalue weighted by Gasteiger charge is 2.16. The Kier molecular flexibility index (Phi) is 4.34. The van der Waals surface area contributed by atoms with E-state index in [1.54, 1.807) is 18.5 Å². The number of halogens is 1. The summed E-state index contributed by atoms with van der Waals surface area (Å²) >= 11 is 0. The number of nitrogens with zero attached hydrogens (tertiary/aromatic N) is 2. The fraction of sp³-hybridized carbons (Fsp3) is 0.300. The van der Waals surface area contributed by atoms with Gasteiger partial charge in [-0.2, -0.15) is 0 Å². The van der Waals surface area contributed by atoms with Gasteiger partial charge < -0.3 is 10.3 Å². The number of H-pyrrole nitrogens is 1. The van der Waals surface area contributed by atoms with E-state index >= 15 is 0 Å². The number of hydrogen-bond acceptors (Lipinski definition) is 3. The molecule has 0 aromatic carbocycles. The van der Waals surface area contributed by atoms with Gasteiger partial charge in [-0.05, 0) is 37.0 Å². The molecular formula is C20H19FN4. The minimum atomic E-state index is -0.410. The number of pyridine rings is 2. The Morgan fingerprint density at radius 1 is 1.12 bits per heavy atom. The smallest absolute Gasteiger partial charge is 0.157 e. The summed E-state index contributed by atoms with van der Waals surface area (Å²) in [5, 5.41) is 4.67. The standard InChI is InChI=1S/C20H19FN4/c21-17-7-4-11-22-18(17)9-8-14-13-24-20-16(10-12-23-20)19(14)25-15-5-2-1-3-6-15/h4,7,10-13,15H,1-3,5-6H2,(H2,23,24,25). The van der Waals surface area contributed by atoms with Crippen molar-refractivity contribution >= 4 is 16.7 Å². The van der Waals surface area contributed by atoms with Crippen molar-refractivity contribution in [2.75, 3.05) is 5.32 Å². The Morgan fingerprint density at radius 2 is 2.00 bits per heavy atom. The van der Waals surface area contributed by atoms with Crippen molar-refractivity contribution in [1.29, 1.82) is 0 Å². The van der Waals surface area contributed by atoms with E-state index in [-0.39, 0.29) is 5.69 Å². The maximum absolute atomic E-state index is 13.8. The lowest BCUT2D eigenvalue weighted by molar-refractivity contribution is 0.463. The van der Waals surface area contributed by atoms with E-state index in [0.29, 0.717) is 6.04 Å². The third-order valence-corrected chi connectivity index (χ3v) is 4.61. The van der Waals surface area contributed by atoms with Crippen molar-refractivity contribution < 1.29 is 4.39 Å². The first-order valence-corrected chi connectivity index (χ1v) is 8.66. The number of nitrogens with one attached hydrogen (secondary N) is 2. The van der Waals surface area contributed by atoms with Crippen LogP contribution in [0.3, 0.4) is 0 Å². The summed E-state index contributed by atoms with van der Waals surface area (Å²) in [5.41, 5.74) is 2.72. The van der Waals surface area contributed by atoms with Gasteiger partial charge in [-0.15, -0.1) is 0 Å². The molecule has 126 valence electrons. The average Bonchev–Trinajstić information content (AvgIpc) is 3.12. The van der Waals surface area contributed by atoms with Crippen LogP contribution in [0, 0.1) is 17.7 Å². The molecule has 0 unspecified atom stereocenters. The summed E-state index contributed by atoms with van der Waals surface area (Å²) in [7, 11) is 0. The van der Waals surface area contributed by atoms with E-state index in [9.17, 15) is 4.39 Å². The average molecular weight is 334 g/mol. The number of anilines is 1. The van der Waals surface area contributed by atoms with Crippen LogP contribution in [0.25, 0.3) is 11.0 Å². The molecule has 0 radical (unpaired) electrons. The number of aromatic amines is 1. The van der Waals surface area contributed by atoms with Crippen molar-refractivity contribution in [1.82, 2.24) is 15.0 Å². The monoisotopic (exact) mass is 334 g/mol.